The average Bonchev–Trinajstić information content (AvgIpc) is 3.46. The Morgan fingerprint density at radius 3 is 2.10 bits per heavy atom. The van der Waals surface area contributed by atoms with Gasteiger partial charge < -0.3 is 19.9 Å². The molecule has 3 aromatic carbocycles. The van der Waals surface area contributed by atoms with Crippen LogP contribution in [0.25, 0.3) is 12.2 Å². The zero-order chi connectivity index (χ0) is 36.2. The highest BCUT2D eigenvalue weighted by Gasteiger charge is 2.37. The SMILES string of the molecule is C/C=c1/c2c([nH]/c1=C/C)C(c1ccc(OC)c(CN3CCN(c4cc(C(F)(F)F)cc(C(F)(F)F)c4)CC3)c1)NCC2.Cc1cccc(Cl)c1. The number of hydrogen-bond donors (Lipinski definition) is 2. The summed E-state index contributed by atoms with van der Waals surface area (Å²) in [6, 6.07) is 15.6. The number of rotatable bonds is 5. The Bertz CT molecular complexity index is 1860. The third-order valence-corrected chi connectivity index (χ3v) is 9.36. The quantitative estimate of drug-likeness (QED) is 0.206. The van der Waals surface area contributed by atoms with E-state index in [-0.39, 0.29) is 17.8 Å². The molecule has 1 saturated heterocycles. The summed E-state index contributed by atoms with van der Waals surface area (Å²) in [4.78, 5) is 7.31. The van der Waals surface area contributed by atoms with Crippen LogP contribution in [0, 0.1) is 6.92 Å². The fraction of sp³-hybridized carbons (Fsp3) is 0.368. The van der Waals surface area contributed by atoms with E-state index in [4.69, 9.17) is 16.3 Å². The largest absolute Gasteiger partial charge is 0.496 e. The number of aromatic amines is 1. The second-order valence-electron chi connectivity index (χ2n) is 12.5. The third-order valence-electron chi connectivity index (χ3n) is 9.12. The Balaban J connectivity index is 0.000000535. The highest BCUT2D eigenvalue weighted by Crippen LogP contribution is 2.39. The van der Waals surface area contributed by atoms with Gasteiger partial charge in [0.1, 0.15) is 5.75 Å². The van der Waals surface area contributed by atoms with Gasteiger partial charge in [0.2, 0.25) is 0 Å². The van der Waals surface area contributed by atoms with Crippen molar-refractivity contribution in [3.8, 4) is 5.75 Å². The van der Waals surface area contributed by atoms with Gasteiger partial charge in [0.05, 0.1) is 24.3 Å². The third kappa shape index (κ3) is 8.68. The fourth-order valence-corrected chi connectivity index (χ4v) is 6.87. The number of benzene rings is 3. The summed E-state index contributed by atoms with van der Waals surface area (Å²) >= 11 is 5.64. The van der Waals surface area contributed by atoms with Gasteiger partial charge in [0.15, 0.2) is 0 Å². The van der Waals surface area contributed by atoms with Crippen LogP contribution in [0.4, 0.5) is 32.0 Å². The van der Waals surface area contributed by atoms with Crippen LogP contribution in [0.15, 0.2) is 60.7 Å². The molecule has 2 aliphatic rings. The lowest BCUT2D eigenvalue weighted by Crippen LogP contribution is -2.46. The van der Waals surface area contributed by atoms with E-state index in [1.165, 1.54) is 16.3 Å². The molecule has 6 rings (SSSR count). The highest BCUT2D eigenvalue weighted by molar-refractivity contribution is 6.30. The van der Waals surface area contributed by atoms with Gasteiger partial charge in [-0.15, -0.1) is 0 Å². The normalized spacial score (nSPS) is 17.7. The van der Waals surface area contributed by atoms with Crippen molar-refractivity contribution in [3.63, 3.8) is 0 Å². The molecule has 0 spiro atoms. The maximum absolute atomic E-state index is 13.4. The second kappa shape index (κ2) is 15.5. The van der Waals surface area contributed by atoms with Gasteiger partial charge in [-0.25, -0.2) is 0 Å². The van der Waals surface area contributed by atoms with Gasteiger partial charge in [-0.2, -0.15) is 26.3 Å². The molecule has 1 fully saturated rings. The van der Waals surface area contributed by atoms with Crippen LogP contribution in [-0.2, 0) is 25.3 Å². The molecule has 1 unspecified atom stereocenters. The van der Waals surface area contributed by atoms with Crippen LogP contribution in [0.1, 0.15) is 59.0 Å². The zero-order valence-corrected chi connectivity index (χ0v) is 29.2. The predicted molar refractivity (Wildman–Crippen MR) is 187 cm³/mol. The molecule has 1 aromatic heterocycles. The molecular weight excluding hydrogens is 678 g/mol. The number of aromatic nitrogens is 1. The van der Waals surface area contributed by atoms with Crippen molar-refractivity contribution in [2.45, 2.75) is 52.1 Å². The second-order valence-corrected chi connectivity index (χ2v) is 12.9. The van der Waals surface area contributed by atoms with Crippen LogP contribution in [0.5, 0.6) is 5.75 Å². The lowest BCUT2D eigenvalue weighted by molar-refractivity contribution is -0.143. The van der Waals surface area contributed by atoms with E-state index >= 15 is 0 Å². The van der Waals surface area contributed by atoms with Crippen LogP contribution >= 0.6 is 11.6 Å². The number of hydrogen-bond acceptors (Lipinski definition) is 4. The fourth-order valence-electron chi connectivity index (χ4n) is 6.63. The monoisotopic (exact) mass is 718 g/mol. The predicted octanol–water partition coefficient (Wildman–Crippen LogP) is 7.87. The molecule has 2 aliphatic heterocycles. The summed E-state index contributed by atoms with van der Waals surface area (Å²) < 4.78 is 85.9. The van der Waals surface area contributed by atoms with E-state index in [9.17, 15) is 26.3 Å². The number of methoxy groups -OCH3 is 1. The maximum atomic E-state index is 13.4. The topological polar surface area (TPSA) is 43.5 Å². The molecule has 5 nitrogen and oxygen atoms in total. The van der Waals surface area contributed by atoms with Crippen LogP contribution in [0.3, 0.4) is 0 Å². The molecule has 0 saturated carbocycles. The van der Waals surface area contributed by atoms with Gasteiger partial charge >= 0.3 is 12.4 Å². The van der Waals surface area contributed by atoms with Gasteiger partial charge in [0.25, 0.3) is 0 Å². The van der Waals surface area contributed by atoms with Crippen molar-refractivity contribution in [1.82, 2.24) is 15.2 Å². The van der Waals surface area contributed by atoms with E-state index in [0.717, 1.165) is 58.0 Å². The molecule has 268 valence electrons. The summed E-state index contributed by atoms with van der Waals surface area (Å²) in [5.41, 5.74) is 3.04. The van der Waals surface area contributed by atoms with E-state index in [2.05, 4.69) is 33.4 Å². The van der Waals surface area contributed by atoms with Crippen molar-refractivity contribution >= 4 is 29.4 Å². The van der Waals surface area contributed by atoms with Crippen LogP contribution in [0.2, 0.25) is 5.02 Å². The Hall–Kier alpha value is -3.93. The Morgan fingerprint density at radius 2 is 1.56 bits per heavy atom. The van der Waals surface area contributed by atoms with Gasteiger partial charge in [-0.05, 0) is 91.6 Å². The molecule has 50 heavy (non-hydrogen) atoms. The van der Waals surface area contributed by atoms with Gasteiger partial charge in [-0.3, -0.25) is 4.90 Å². The summed E-state index contributed by atoms with van der Waals surface area (Å²) in [6.45, 7) is 8.99. The first-order valence-corrected chi connectivity index (χ1v) is 16.8. The minimum atomic E-state index is -4.87. The molecule has 1 atom stereocenters. The van der Waals surface area contributed by atoms with Crippen molar-refractivity contribution in [2.75, 3.05) is 44.7 Å². The van der Waals surface area contributed by atoms with Crippen molar-refractivity contribution in [1.29, 1.82) is 0 Å². The number of halogens is 7. The van der Waals surface area contributed by atoms with E-state index < -0.39 is 23.5 Å². The maximum Gasteiger partial charge on any atom is 0.416 e. The number of ether oxygens (including phenoxy) is 1. The average molecular weight is 719 g/mol. The van der Waals surface area contributed by atoms with Gasteiger partial charge in [0, 0.05) is 66.6 Å². The number of anilines is 1. The minimum Gasteiger partial charge on any atom is -0.496 e. The Labute approximate surface area is 293 Å². The summed E-state index contributed by atoms with van der Waals surface area (Å²) in [5, 5.41) is 6.77. The lowest BCUT2D eigenvalue weighted by Gasteiger charge is -2.37. The molecule has 3 heterocycles. The Morgan fingerprint density at radius 1 is 0.880 bits per heavy atom. The highest BCUT2D eigenvalue weighted by atomic mass is 35.5. The molecular formula is C38H41ClF6N4O. The van der Waals surface area contributed by atoms with Crippen LogP contribution in [-0.4, -0.2) is 49.7 Å². The molecule has 12 heteroatoms. The number of nitrogens with one attached hydrogen (secondary N) is 2. The standard InChI is InChI=1S/C31H34F6N4O.C7H7Cl/c1-4-24-25-8-9-38-28(29(25)39-26(24)5-2)19-6-7-27(42-3)20(14-19)18-40-10-12-41(13-11-40)23-16-21(30(32,33)34)15-22(17-23)31(35,36)37;1-6-3-2-4-7(8)5-6/h4-7,14-17,28,38-39H,8-13,18H2,1-3H3;2-5H,1H3/b24-4-,26-5+;. The summed E-state index contributed by atoms with van der Waals surface area (Å²) in [7, 11) is 1.61. The molecule has 0 amide bonds. The Kier molecular flexibility index (Phi) is 11.6. The molecule has 0 bridgehead atoms. The molecule has 2 N–H and O–H groups in total. The first-order chi connectivity index (χ1) is 23.7. The van der Waals surface area contributed by atoms with E-state index in [1.807, 2.05) is 57.2 Å². The lowest BCUT2D eigenvalue weighted by atomic mass is 9.93. The first-order valence-electron chi connectivity index (χ1n) is 16.4. The number of H-pyrrole nitrogens is 1. The summed E-state index contributed by atoms with van der Waals surface area (Å²) in [5.74, 6) is 0.724. The number of nitrogens with zero attached hydrogens (tertiary/aromatic N) is 2. The smallest absolute Gasteiger partial charge is 0.416 e. The van der Waals surface area contributed by atoms with E-state index in [1.54, 1.807) is 12.0 Å². The summed E-state index contributed by atoms with van der Waals surface area (Å²) in [6.07, 6.45) is -4.61. The number of aryl methyl sites for hydroxylation is 1. The molecule has 4 aromatic rings. The minimum absolute atomic E-state index is 0.0219. The molecule has 0 aliphatic carbocycles. The van der Waals surface area contributed by atoms with E-state index in [0.29, 0.717) is 32.7 Å². The van der Waals surface area contributed by atoms with Crippen molar-refractivity contribution in [3.05, 3.63) is 115 Å². The first kappa shape index (κ1) is 37.3. The van der Waals surface area contributed by atoms with Crippen molar-refractivity contribution < 1.29 is 31.1 Å². The van der Waals surface area contributed by atoms with Crippen LogP contribution < -0.4 is 25.5 Å². The number of alkyl halides is 6. The van der Waals surface area contributed by atoms with Gasteiger partial charge in [-0.1, -0.05) is 42.0 Å². The number of fused-ring (bicyclic) bond motifs is 1. The number of piperazine rings is 1. The molecule has 0 radical (unpaired) electrons. The van der Waals surface area contributed by atoms with Crippen molar-refractivity contribution in [2.24, 2.45) is 0 Å². The zero-order valence-electron chi connectivity index (χ0n) is 28.4.